The number of rotatable bonds is 5. The molecule has 2 heterocycles. The van der Waals surface area contributed by atoms with Crippen LogP contribution in [0.2, 0.25) is 0 Å². The molecule has 0 bridgehead atoms. The third-order valence-corrected chi connectivity index (χ3v) is 4.52. The molecule has 9 heteroatoms. The minimum atomic E-state index is -1.10. The van der Waals surface area contributed by atoms with Gasteiger partial charge in [0.25, 0.3) is 11.8 Å². The van der Waals surface area contributed by atoms with E-state index in [-0.39, 0.29) is 29.5 Å². The highest BCUT2D eigenvalue weighted by atomic mass is 32.1. The van der Waals surface area contributed by atoms with E-state index < -0.39 is 5.97 Å². The lowest BCUT2D eigenvalue weighted by Crippen LogP contribution is -2.23. The van der Waals surface area contributed by atoms with Gasteiger partial charge in [0.2, 0.25) is 0 Å². The Labute approximate surface area is 159 Å². The fraction of sp³-hybridized carbons (Fsp3) is 0.278. The highest BCUT2D eigenvalue weighted by Gasteiger charge is 2.23. The largest absolute Gasteiger partial charge is 0.476 e. The van der Waals surface area contributed by atoms with Crippen molar-refractivity contribution in [3.63, 3.8) is 0 Å². The first kappa shape index (κ1) is 18.7. The molecule has 0 atom stereocenters. The molecule has 2 aromatic heterocycles. The summed E-state index contributed by atoms with van der Waals surface area (Å²) >= 11 is 1.17. The van der Waals surface area contributed by atoms with Crippen molar-refractivity contribution in [1.29, 1.82) is 0 Å². The zero-order valence-corrected chi connectivity index (χ0v) is 15.8. The lowest BCUT2D eigenvalue weighted by molar-refractivity contribution is 0.0691. The molecule has 1 amide bonds. The Morgan fingerprint density at radius 1 is 1.22 bits per heavy atom. The molecule has 3 rings (SSSR count). The molecule has 1 aromatic carbocycles. The second kappa shape index (κ2) is 7.28. The van der Waals surface area contributed by atoms with Gasteiger partial charge in [-0.25, -0.2) is 9.78 Å². The first-order valence-corrected chi connectivity index (χ1v) is 9.03. The predicted octanol–water partition coefficient (Wildman–Crippen LogP) is 3.12. The number of amides is 1. The molecule has 27 heavy (non-hydrogen) atoms. The van der Waals surface area contributed by atoms with E-state index in [0.29, 0.717) is 22.0 Å². The van der Waals surface area contributed by atoms with Gasteiger partial charge in [0.05, 0.1) is 17.7 Å². The van der Waals surface area contributed by atoms with Gasteiger partial charge in [0.1, 0.15) is 5.01 Å². The van der Waals surface area contributed by atoms with Gasteiger partial charge in [-0.05, 0) is 12.1 Å². The number of carboxylic acids is 1. The molecule has 0 unspecified atom stereocenters. The quantitative estimate of drug-likeness (QED) is 0.691. The summed E-state index contributed by atoms with van der Waals surface area (Å²) < 4.78 is 5.34. The van der Waals surface area contributed by atoms with Gasteiger partial charge in [-0.15, -0.1) is 11.3 Å². The van der Waals surface area contributed by atoms with Crippen molar-refractivity contribution in [3.05, 3.63) is 51.7 Å². The highest BCUT2D eigenvalue weighted by molar-refractivity contribution is 7.09. The Morgan fingerprint density at radius 2 is 1.96 bits per heavy atom. The summed E-state index contributed by atoms with van der Waals surface area (Å²) in [7, 11) is 0. The van der Waals surface area contributed by atoms with E-state index in [0.717, 1.165) is 0 Å². The Kier molecular flexibility index (Phi) is 5.04. The molecule has 0 aliphatic carbocycles. The second-order valence-electron chi connectivity index (χ2n) is 6.83. The van der Waals surface area contributed by atoms with Crippen LogP contribution < -0.4 is 5.32 Å². The molecular weight excluding hydrogens is 368 g/mol. The minimum Gasteiger partial charge on any atom is -0.476 e. The number of thiazole rings is 1. The van der Waals surface area contributed by atoms with Crippen molar-refractivity contribution >= 4 is 23.2 Å². The van der Waals surface area contributed by atoms with Gasteiger partial charge < -0.3 is 14.9 Å². The zero-order valence-electron chi connectivity index (χ0n) is 15.0. The lowest BCUT2D eigenvalue weighted by atomic mass is 9.96. The van der Waals surface area contributed by atoms with Crippen LogP contribution in [0.3, 0.4) is 0 Å². The molecule has 0 radical (unpaired) electrons. The Morgan fingerprint density at radius 3 is 2.59 bits per heavy atom. The Balaban J connectivity index is 1.79. The van der Waals surface area contributed by atoms with E-state index in [9.17, 15) is 9.59 Å². The fourth-order valence-corrected chi connectivity index (χ4v) is 2.95. The summed E-state index contributed by atoms with van der Waals surface area (Å²) in [6, 6.07) is 6.93. The highest BCUT2D eigenvalue weighted by Crippen LogP contribution is 2.26. The van der Waals surface area contributed by atoms with E-state index in [4.69, 9.17) is 9.63 Å². The molecule has 8 nitrogen and oxygen atoms in total. The van der Waals surface area contributed by atoms with E-state index >= 15 is 0 Å². The predicted molar refractivity (Wildman–Crippen MR) is 98.7 cm³/mol. The maximum Gasteiger partial charge on any atom is 0.355 e. The fourth-order valence-electron chi connectivity index (χ4n) is 2.25. The number of nitrogens with zero attached hydrogens (tertiary/aromatic N) is 3. The van der Waals surface area contributed by atoms with Gasteiger partial charge >= 0.3 is 5.97 Å². The van der Waals surface area contributed by atoms with E-state index in [1.165, 1.54) is 16.7 Å². The van der Waals surface area contributed by atoms with Crippen molar-refractivity contribution in [1.82, 2.24) is 20.4 Å². The number of hydrogen-bond acceptors (Lipinski definition) is 7. The van der Waals surface area contributed by atoms with Crippen LogP contribution in [0.5, 0.6) is 0 Å². The molecule has 0 saturated heterocycles. The summed E-state index contributed by atoms with van der Waals surface area (Å²) in [6.07, 6.45) is 0. The summed E-state index contributed by atoms with van der Waals surface area (Å²) in [6.45, 7) is 6.04. The van der Waals surface area contributed by atoms with Crippen LogP contribution in [0.4, 0.5) is 0 Å². The molecule has 0 fully saturated rings. The first-order chi connectivity index (χ1) is 12.8. The number of carbonyl (C=O) groups is 2. The molecule has 0 spiro atoms. The molecular formula is C18H18N4O4S. The number of nitrogens with one attached hydrogen (secondary N) is 1. The van der Waals surface area contributed by atoms with Gasteiger partial charge in [-0.1, -0.05) is 38.1 Å². The average molecular weight is 386 g/mol. The summed E-state index contributed by atoms with van der Waals surface area (Å²) in [5.74, 6) is -0.613. The number of aromatic nitrogens is 3. The van der Waals surface area contributed by atoms with Crippen molar-refractivity contribution in [2.75, 3.05) is 0 Å². The first-order valence-electron chi connectivity index (χ1n) is 8.15. The van der Waals surface area contributed by atoms with Crippen LogP contribution in [0.15, 0.2) is 34.2 Å². The average Bonchev–Trinajstić information content (AvgIpc) is 3.29. The van der Waals surface area contributed by atoms with Crippen LogP contribution >= 0.6 is 11.3 Å². The third kappa shape index (κ3) is 4.20. The molecule has 3 aromatic rings. The van der Waals surface area contributed by atoms with Crippen molar-refractivity contribution in [2.24, 2.45) is 0 Å². The van der Waals surface area contributed by atoms with Crippen LogP contribution in [-0.2, 0) is 12.0 Å². The minimum absolute atomic E-state index is 0.0368. The summed E-state index contributed by atoms with van der Waals surface area (Å²) in [4.78, 5) is 31.8. The molecule has 0 saturated carbocycles. The molecule has 140 valence electrons. The van der Waals surface area contributed by atoms with Gasteiger partial charge in [0, 0.05) is 10.8 Å². The SMILES string of the molecule is CC(C)(C)c1noc(-c2ccccc2C(=O)NCc2nc(C(=O)O)cs2)n1. The van der Waals surface area contributed by atoms with Crippen molar-refractivity contribution in [3.8, 4) is 11.5 Å². The van der Waals surface area contributed by atoms with Crippen LogP contribution in [0.25, 0.3) is 11.5 Å². The van der Waals surface area contributed by atoms with Gasteiger partial charge in [-0.3, -0.25) is 4.79 Å². The van der Waals surface area contributed by atoms with Gasteiger partial charge in [-0.2, -0.15) is 4.98 Å². The number of benzene rings is 1. The summed E-state index contributed by atoms with van der Waals surface area (Å²) in [5, 5.41) is 17.6. The van der Waals surface area contributed by atoms with Crippen LogP contribution in [-0.4, -0.2) is 32.1 Å². The van der Waals surface area contributed by atoms with Crippen LogP contribution in [0.1, 0.15) is 52.4 Å². The molecule has 0 aliphatic rings. The Bertz CT molecular complexity index is 987. The van der Waals surface area contributed by atoms with E-state index in [2.05, 4.69) is 20.4 Å². The third-order valence-electron chi connectivity index (χ3n) is 3.67. The van der Waals surface area contributed by atoms with Crippen molar-refractivity contribution in [2.45, 2.75) is 32.7 Å². The van der Waals surface area contributed by atoms with E-state index in [1.54, 1.807) is 24.3 Å². The number of carboxylic acid groups (broad SMARTS) is 1. The monoisotopic (exact) mass is 386 g/mol. The van der Waals surface area contributed by atoms with Crippen molar-refractivity contribution < 1.29 is 19.2 Å². The number of hydrogen-bond donors (Lipinski definition) is 2. The normalized spacial score (nSPS) is 11.4. The number of aromatic carboxylic acids is 1. The van der Waals surface area contributed by atoms with Gasteiger partial charge in [0.15, 0.2) is 11.5 Å². The Hall–Kier alpha value is -3.07. The zero-order chi connectivity index (χ0) is 19.6. The topological polar surface area (TPSA) is 118 Å². The molecule has 2 N–H and O–H groups in total. The number of carbonyl (C=O) groups excluding carboxylic acids is 1. The second-order valence-corrected chi connectivity index (χ2v) is 7.78. The maximum atomic E-state index is 12.6. The standard InChI is InChI=1S/C18H18N4O4S/c1-18(2,3)17-21-15(26-22-17)11-7-5-4-6-10(11)14(23)19-8-13-20-12(9-27-13)16(24)25/h4-7,9H,8H2,1-3H3,(H,19,23)(H,24,25). The summed E-state index contributed by atoms with van der Waals surface area (Å²) in [5.41, 5.74) is 0.608. The van der Waals surface area contributed by atoms with Crippen LogP contribution in [0, 0.1) is 0 Å². The maximum absolute atomic E-state index is 12.6. The smallest absolute Gasteiger partial charge is 0.355 e. The molecule has 0 aliphatic heterocycles. The van der Waals surface area contributed by atoms with E-state index in [1.807, 2.05) is 20.8 Å². The lowest BCUT2D eigenvalue weighted by Gasteiger charge is -2.11.